The van der Waals surface area contributed by atoms with Gasteiger partial charge in [-0.2, -0.15) is 10.2 Å². The van der Waals surface area contributed by atoms with E-state index in [0.29, 0.717) is 16.1 Å². The van der Waals surface area contributed by atoms with Crippen LogP contribution in [0.5, 0.6) is 11.5 Å². The van der Waals surface area contributed by atoms with Crippen LogP contribution in [-0.4, -0.2) is 48.3 Å². The number of aryl methyl sites for hydroxylation is 4. The Bertz CT molecular complexity index is 2310. The number of rotatable bonds is 9. The van der Waals surface area contributed by atoms with E-state index in [1.165, 1.54) is 16.7 Å². The molecular weight excluding hydrogens is 663 g/mol. The van der Waals surface area contributed by atoms with E-state index in [1.54, 1.807) is 26.6 Å². The van der Waals surface area contributed by atoms with Crippen LogP contribution in [0.1, 0.15) is 16.7 Å². The summed E-state index contributed by atoms with van der Waals surface area (Å²) in [6.45, 7) is 4.81. The fourth-order valence-electron chi connectivity index (χ4n) is 5.51. The van der Waals surface area contributed by atoms with E-state index in [0.717, 1.165) is 52.1 Å². The van der Waals surface area contributed by atoms with Gasteiger partial charge in [-0.05, 0) is 111 Å². The largest absolute Gasteiger partial charge is 0.496 e. The van der Waals surface area contributed by atoms with E-state index in [-0.39, 0.29) is 0 Å². The molecule has 7 aromatic rings. The highest BCUT2D eigenvalue weighted by molar-refractivity contribution is 7.71. The summed E-state index contributed by atoms with van der Waals surface area (Å²) in [7, 11) is 3.32. The van der Waals surface area contributed by atoms with Crippen LogP contribution in [-0.2, 0) is 13.0 Å². The van der Waals surface area contributed by atoms with E-state index in [1.807, 2.05) is 86.6 Å². The van der Waals surface area contributed by atoms with E-state index in [2.05, 4.69) is 65.4 Å². The van der Waals surface area contributed by atoms with E-state index >= 15 is 0 Å². The Morgan fingerprint density at radius 1 is 0.640 bits per heavy atom. The van der Waals surface area contributed by atoms with Crippen molar-refractivity contribution in [3.05, 3.63) is 148 Å². The molecule has 0 radical (unpaired) electrons. The van der Waals surface area contributed by atoms with Crippen molar-refractivity contribution < 1.29 is 9.47 Å². The van der Waals surface area contributed by atoms with Crippen molar-refractivity contribution in [3.8, 4) is 45.6 Å². The molecule has 11 heteroatoms. The molecule has 0 aliphatic carbocycles. The smallest absolute Gasteiger partial charge is 0.202 e. The van der Waals surface area contributed by atoms with Crippen LogP contribution >= 0.6 is 24.4 Å². The summed E-state index contributed by atoms with van der Waals surface area (Å²) >= 11 is 11.2. The van der Waals surface area contributed by atoms with Gasteiger partial charge in [0.2, 0.25) is 4.77 Å². The standard InChI is InChI=1S/C23H22N4OS.C16H15N3OS/c1-17-7-9-19(10-8-17)27-22(20-5-3-4-6-21(20)28-2)25-26(23(27)29)16-13-18-11-14-24-15-12-18;1-11-7-9-12(10-8-11)19-15(17-18-16(19)21)13-5-3-4-6-14(13)20-2/h3-12,14-15H,13,16H2,1-2H3;3-10H,1-2H3,(H,18,21). The summed E-state index contributed by atoms with van der Waals surface area (Å²) < 4.78 is 18.0. The third-order valence-electron chi connectivity index (χ3n) is 8.15. The van der Waals surface area contributed by atoms with Gasteiger partial charge in [0.1, 0.15) is 11.5 Å². The Morgan fingerprint density at radius 3 is 1.72 bits per heavy atom. The molecule has 0 aliphatic rings. The zero-order valence-electron chi connectivity index (χ0n) is 28.3. The number of methoxy groups -OCH3 is 2. The van der Waals surface area contributed by atoms with Gasteiger partial charge in [0.15, 0.2) is 16.4 Å². The fourth-order valence-corrected chi connectivity index (χ4v) is 6.07. The quantitative estimate of drug-likeness (QED) is 0.151. The van der Waals surface area contributed by atoms with Gasteiger partial charge in [0.05, 0.1) is 25.3 Å². The summed E-state index contributed by atoms with van der Waals surface area (Å²) in [5.74, 6) is 3.04. The first kappa shape index (κ1) is 34.2. The third kappa shape index (κ3) is 7.49. The lowest BCUT2D eigenvalue weighted by Crippen LogP contribution is -2.04. The van der Waals surface area contributed by atoms with Gasteiger partial charge in [-0.25, -0.2) is 4.68 Å². The van der Waals surface area contributed by atoms with Crippen LogP contribution in [0.2, 0.25) is 0 Å². The molecule has 7 rings (SSSR count). The molecule has 0 unspecified atom stereocenters. The molecule has 0 spiro atoms. The fraction of sp³-hybridized carbons (Fsp3) is 0.154. The number of hydrogen-bond acceptors (Lipinski definition) is 7. The molecule has 0 amide bonds. The molecule has 0 aliphatic heterocycles. The Morgan fingerprint density at radius 2 is 1.16 bits per heavy atom. The average Bonchev–Trinajstić information content (AvgIpc) is 3.70. The molecule has 0 bridgehead atoms. The summed E-state index contributed by atoms with van der Waals surface area (Å²) in [6.07, 6.45) is 4.44. The van der Waals surface area contributed by atoms with E-state index in [4.69, 9.17) is 39.0 Å². The van der Waals surface area contributed by atoms with Crippen molar-refractivity contribution in [1.82, 2.24) is 34.1 Å². The second-order valence-corrected chi connectivity index (χ2v) is 12.3. The molecule has 50 heavy (non-hydrogen) atoms. The normalized spacial score (nSPS) is 10.7. The van der Waals surface area contributed by atoms with Crippen LogP contribution in [0.4, 0.5) is 0 Å². The molecule has 4 aromatic carbocycles. The van der Waals surface area contributed by atoms with Crippen LogP contribution in [0.25, 0.3) is 34.2 Å². The number of para-hydroxylation sites is 2. The van der Waals surface area contributed by atoms with Crippen molar-refractivity contribution >= 4 is 24.4 Å². The molecule has 252 valence electrons. The lowest BCUT2D eigenvalue weighted by Gasteiger charge is -2.10. The van der Waals surface area contributed by atoms with Gasteiger partial charge < -0.3 is 9.47 Å². The second kappa shape index (κ2) is 15.7. The predicted octanol–water partition coefficient (Wildman–Crippen LogP) is 8.94. The molecule has 3 aromatic heterocycles. The average molecular weight is 700 g/mol. The number of benzene rings is 4. The highest BCUT2D eigenvalue weighted by Gasteiger charge is 2.18. The van der Waals surface area contributed by atoms with Crippen LogP contribution < -0.4 is 9.47 Å². The third-order valence-corrected chi connectivity index (χ3v) is 8.82. The monoisotopic (exact) mass is 699 g/mol. The molecule has 3 heterocycles. The Hall–Kier alpha value is -5.65. The Kier molecular flexibility index (Phi) is 10.8. The highest BCUT2D eigenvalue weighted by atomic mass is 32.1. The van der Waals surface area contributed by atoms with Crippen molar-refractivity contribution in [2.75, 3.05) is 14.2 Å². The zero-order chi connectivity index (χ0) is 35.0. The number of nitrogens with one attached hydrogen (secondary N) is 1. The van der Waals surface area contributed by atoms with Crippen LogP contribution in [0.15, 0.2) is 122 Å². The zero-order valence-corrected chi connectivity index (χ0v) is 29.9. The van der Waals surface area contributed by atoms with Crippen molar-refractivity contribution in [2.24, 2.45) is 0 Å². The van der Waals surface area contributed by atoms with E-state index < -0.39 is 0 Å². The first-order valence-electron chi connectivity index (χ1n) is 16.0. The molecule has 9 nitrogen and oxygen atoms in total. The number of aromatic nitrogens is 7. The minimum Gasteiger partial charge on any atom is -0.496 e. The number of H-pyrrole nitrogens is 1. The molecular formula is C39H37N7O2S2. The molecule has 0 saturated heterocycles. The van der Waals surface area contributed by atoms with Crippen molar-refractivity contribution in [3.63, 3.8) is 0 Å². The van der Waals surface area contributed by atoms with Gasteiger partial charge >= 0.3 is 0 Å². The Balaban J connectivity index is 0.000000182. The van der Waals surface area contributed by atoms with Crippen LogP contribution in [0, 0.1) is 23.4 Å². The van der Waals surface area contributed by atoms with Gasteiger partial charge in [-0.1, -0.05) is 59.7 Å². The van der Waals surface area contributed by atoms with Gasteiger partial charge in [0, 0.05) is 30.3 Å². The SMILES string of the molecule is COc1ccccc1-c1n[nH]c(=S)n1-c1ccc(C)cc1.COc1ccccc1-c1nn(CCc2ccncc2)c(=S)n1-c1ccc(C)cc1. The maximum Gasteiger partial charge on any atom is 0.202 e. The molecule has 0 atom stereocenters. The van der Waals surface area contributed by atoms with Crippen LogP contribution in [0.3, 0.4) is 0 Å². The molecule has 1 N–H and O–H groups in total. The summed E-state index contributed by atoms with van der Waals surface area (Å²) in [5, 5.41) is 12.1. The minimum atomic E-state index is 0.555. The predicted molar refractivity (Wildman–Crippen MR) is 203 cm³/mol. The first-order valence-corrected chi connectivity index (χ1v) is 16.9. The summed E-state index contributed by atoms with van der Waals surface area (Å²) in [4.78, 5) is 4.08. The second-order valence-electron chi connectivity index (χ2n) is 11.5. The van der Waals surface area contributed by atoms with Crippen molar-refractivity contribution in [1.29, 1.82) is 0 Å². The van der Waals surface area contributed by atoms with E-state index in [9.17, 15) is 0 Å². The summed E-state index contributed by atoms with van der Waals surface area (Å²) in [6, 6.07) is 36.1. The highest BCUT2D eigenvalue weighted by Crippen LogP contribution is 2.32. The molecule has 0 fully saturated rings. The lowest BCUT2D eigenvalue weighted by molar-refractivity contribution is 0.416. The minimum absolute atomic E-state index is 0.555. The Labute approximate surface area is 301 Å². The topological polar surface area (TPSA) is 87.7 Å². The van der Waals surface area contributed by atoms with Gasteiger partial charge in [-0.15, -0.1) is 0 Å². The first-order chi connectivity index (χ1) is 24.4. The van der Waals surface area contributed by atoms with Gasteiger partial charge in [-0.3, -0.25) is 19.2 Å². The lowest BCUT2D eigenvalue weighted by atomic mass is 10.1. The number of pyridine rings is 1. The summed E-state index contributed by atoms with van der Waals surface area (Å²) in [5.41, 5.74) is 7.36. The number of nitrogens with zero attached hydrogens (tertiary/aromatic N) is 6. The number of hydrogen-bond donors (Lipinski definition) is 1. The number of ether oxygens (including phenoxy) is 2. The maximum absolute atomic E-state index is 5.83. The van der Waals surface area contributed by atoms with Gasteiger partial charge in [0.25, 0.3) is 0 Å². The van der Waals surface area contributed by atoms with Crippen molar-refractivity contribution in [2.45, 2.75) is 26.8 Å². The number of aromatic amines is 1. The molecule has 0 saturated carbocycles. The maximum atomic E-state index is 5.83.